The fourth-order valence-corrected chi connectivity index (χ4v) is 3.33. The van der Waals surface area contributed by atoms with Crippen LogP contribution in [0.3, 0.4) is 0 Å². The highest BCUT2D eigenvalue weighted by Gasteiger charge is 2.28. The molecule has 1 unspecified atom stereocenters. The monoisotopic (exact) mass is 229 g/mol. The minimum atomic E-state index is 0.0894. The van der Waals surface area contributed by atoms with Crippen LogP contribution < -0.4 is 4.90 Å². The number of carbonyl (C=O) groups excluding carboxylic acids is 1. The van der Waals surface area contributed by atoms with Gasteiger partial charge in [0.2, 0.25) is 0 Å². The van der Waals surface area contributed by atoms with E-state index < -0.39 is 0 Å². The Morgan fingerprint density at radius 1 is 1.31 bits per heavy atom. The molecule has 1 atom stereocenters. The van der Waals surface area contributed by atoms with E-state index in [2.05, 4.69) is 24.1 Å². The van der Waals surface area contributed by atoms with Crippen LogP contribution in [-0.4, -0.2) is 18.9 Å². The molecule has 0 amide bonds. The van der Waals surface area contributed by atoms with Crippen LogP contribution in [0.2, 0.25) is 0 Å². The van der Waals surface area contributed by atoms with Crippen molar-refractivity contribution in [3.05, 3.63) is 47.4 Å². The average molecular weight is 229 g/mol. The number of likely N-dealkylation sites (N-methyl/N-ethyl adjacent to an activating group) is 1. The van der Waals surface area contributed by atoms with Crippen LogP contribution in [0.25, 0.3) is 0 Å². The summed E-state index contributed by atoms with van der Waals surface area (Å²) in [6.45, 7) is 0. The Hall–Kier alpha value is -1.48. The zero-order chi connectivity index (χ0) is 11.1. The normalized spacial score (nSPS) is 22.6. The zero-order valence-electron chi connectivity index (χ0n) is 8.88. The highest BCUT2D eigenvalue weighted by molar-refractivity contribution is 8.03. The van der Waals surface area contributed by atoms with Gasteiger partial charge in [-0.3, -0.25) is 4.79 Å². The molecule has 0 saturated heterocycles. The molecule has 0 saturated carbocycles. The molecule has 3 rings (SSSR count). The Labute approximate surface area is 98.6 Å². The lowest BCUT2D eigenvalue weighted by Crippen LogP contribution is -2.35. The van der Waals surface area contributed by atoms with Crippen molar-refractivity contribution in [2.24, 2.45) is 0 Å². The van der Waals surface area contributed by atoms with E-state index in [1.807, 2.05) is 18.2 Å². The van der Waals surface area contributed by atoms with Crippen LogP contribution in [0.4, 0.5) is 5.69 Å². The number of allylic oxidation sites excluding steroid dienone is 2. The Balaban J connectivity index is 2.11. The van der Waals surface area contributed by atoms with Crippen molar-refractivity contribution >= 4 is 23.2 Å². The summed E-state index contributed by atoms with van der Waals surface area (Å²) in [6, 6.07) is 8.50. The largest absolute Gasteiger partial charge is 0.363 e. The number of anilines is 1. The van der Waals surface area contributed by atoms with Gasteiger partial charge in [-0.05, 0) is 24.3 Å². The van der Waals surface area contributed by atoms with Gasteiger partial charge in [0.15, 0.2) is 5.78 Å². The molecule has 1 heterocycles. The number of hydrogen-bond acceptors (Lipinski definition) is 3. The average Bonchev–Trinajstić information content (AvgIpc) is 2.29. The van der Waals surface area contributed by atoms with Crippen molar-refractivity contribution in [1.82, 2.24) is 0 Å². The van der Waals surface area contributed by atoms with E-state index >= 15 is 0 Å². The number of thioether (sulfide) groups is 1. The smallest absolute Gasteiger partial charge is 0.179 e. The van der Waals surface area contributed by atoms with E-state index in [9.17, 15) is 4.79 Å². The van der Waals surface area contributed by atoms with Gasteiger partial charge < -0.3 is 4.90 Å². The maximum Gasteiger partial charge on any atom is 0.179 e. The predicted molar refractivity (Wildman–Crippen MR) is 66.7 cm³/mol. The summed E-state index contributed by atoms with van der Waals surface area (Å²) in [7, 11) is 2.07. The molecular formula is C13H11NOS. The van der Waals surface area contributed by atoms with Crippen LogP contribution in [0.1, 0.15) is 0 Å². The Bertz CT molecular complexity index is 518. The number of hydrogen-bond donors (Lipinski definition) is 0. The molecule has 2 aliphatic rings. The molecule has 3 heteroatoms. The summed E-state index contributed by atoms with van der Waals surface area (Å²) in [5.74, 6) is 0.0894. The van der Waals surface area contributed by atoms with Gasteiger partial charge in [0.05, 0.1) is 11.7 Å². The predicted octanol–water partition coefficient (Wildman–Crippen LogP) is 2.62. The Morgan fingerprint density at radius 2 is 2.12 bits per heavy atom. The number of benzene rings is 1. The lowest BCUT2D eigenvalue weighted by molar-refractivity contribution is -0.110. The van der Waals surface area contributed by atoms with Crippen molar-refractivity contribution in [2.45, 2.75) is 10.9 Å². The maximum atomic E-state index is 11.3. The summed E-state index contributed by atoms with van der Waals surface area (Å²) < 4.78 is 0. The van der Waals surface area contributed by atoms with Gasteiger partial charge in [0.1, 0.15) is 0 Å². The van der Waals surface area contributed by atoms with Crippen LogP contribution in [0.15, 0.2) is 52.3 Å². The highest BCUT2D eigenvalue weighted by atomic mass is 32.2. The molecule has 16 heavy (non-hydrogen) atoms. The Morgan fingerprint density at radius 3 is 3.00 bits per heavy atom. The van der Waals surface area contributed by atoms with Crippen molar-refractivity contribution in [3.8, 4) is 0 Å². The summed E-state index contributed by atoms with van der Waals surface area (Å²) in [5, 5.41) is 0. The molecule has 0 radical (unpaired) electrons. The first-order chi connectivity index (χ1) is 7.75. The van der Waals surface area contributed by atoms with Crippen LogP contribution in [0.5, 0.6) is 0 Å². The molecule has 2 nitrogen and oxygen atoms in total. The fraction of sp³-hybridized carbons (Fsp3) is 0.154. The number of ketones is 1. The molecule has 1 aliphatic carbocycles. The fourth-order valence-electron chi connectivity index (χ4n) is 2.08. The van der Waals surface area contributed by atoms with E-state index in [-0.39, 0.29) is 11.8 Å². The number of carbonyl (C=O) groups is 1. The SMILES string of the molecule is CN1c2ccccc2SC2=CC(=O)C=CC21. The van der Waals surface area contributed by atoms with E-state index in [0.717, 1.165) is 4.91 Å². The summed E-state index contributed by atoms with van der Waals surface area (Å²) in [5.41, 5.74) is 1.23. The minimum Gasteiger partial charge on any atom is -0.363 e. The summed E-state index contributed by atoms with van der Waals surface area (Å²) >= 11 is 1.70. The summed E-state index contributed by atoms with van der Waals surface area (Å²) in [6.07, 6.45) is 5.36. The van der Waals surface area contributed by atoms with Crippen LogP contribution in [0, 0.1) is 0 Å². The molecule has 80 valence electrons. The van der Waals surface area contributed by atoms with E-state index in [0.29, 0.717) is 0 Å². The molecular weight excluding hydrogens is 218 g/mol. The molecule has 0 spiro atoms. The first kappa shape index (κ1) is 9.73. The Kier molecular flexibility index (Phi) is 2.14. The topological polar surface area (TPSA) is 20.3 Å². The molecule has 0 aromatic heterocycles. The maximum absolute atomic E-state index is 11.3. The van der Waals surface area contributed by atoms with Gasteiger partial charge in [-0.2, -0.15) is 0 Å². The van der Waals surface area contributed by atoms with Crippen molar-refractivity contribution in [1.29, 1.82) is 0 Å². The van der Waals surface area contributed by atoms with Gasteiger partial charge in [0, 0.05) is 16.8 Å². The number of fused-ring (bicyclic) bond motifs is 2. The van der Waals surface area contributed by atoms with Crippen molar-refractivity contribution < 1.29 is 4.79 Å². The quantitative estimate of drug-likeness (QED) is 0.682. The molecule has 1 aliphatic heterocycles. The van der Waals surface area contributed by atoms with Gasteiger partial charge >= 0.3 is 0 Å². The summed E-state index contributed by atoms with van der Waals surface area (Å²) in [4.78, 5) is 15.9. The van der Waals surface area contributed by atoms with Crippen molar-refractivity contribution in [2.75, 3.05) is 11.9 Å². The lowest BCUT2D eigenvalue weighted by atomic mass is 10.1. The van der Waals surface area contributed by atoms with Crippen LogP contribution in [-0.2, 0) is 4.79 Å². The van der Waals surface area contributed by atoms with E-state index in [4.69, 9.17) is 0 Å². The number of nitrogens with zero attached hydrogens (tertiary/aromatic N) is 1. The standard InChI is InChI=1S/C13H11NOS/c1-14-10-4-2-3-5-12(10)16-13-8-9(15)6-7-11(13)14/h2-8,11H,1H3. The molecule has 0 fully saturated rings. The second-order valence-electron chi connectivity index (χ2n) is 3.93. The first-order valence-corrected chi connectivity index (χ1v) is 6.01. The third-order valence-corrected chi connectivity index (χ3v) is 4.07. The highest BCUT2D eigenvalue weighted by Crippen LogP contribution is 2.44. The number of rotatable bonds is 0. The third kappa shape index (κ3) is 1.39. The lowest BCUT2D eigenvalue weighted by Gasteiger charge is -2.36. The van der Waals surface area contributed by atoms with Gasteiger partial charge in [0.25, 0.3) is 0 Å². The van der Waals surface area contributed by atoms with Crippen LogP contribution >= 0.6 is 11.8 Å². The molecule has 1 aromatic carbocycles. The van der Waals surface area contributed by atoms with E-state index in [1.165, 1.54) is 10.6 Å². The molecule has 1 aromatic rings. The second-order valence-corrected chi connectivity index (χ2v) is 5.05. The van der Waals surface area contributed by atoms with Gasteiger partial charge in [-0.25, -0.2) is 0 Å². The van der Waals surface area contributed by atoms with Crippen molar-refractivity contribution in [3.63, 3.8) is 0 Å². The molecule has 0 N–H and O–H groups in total. The molecule has 0 bridgehead atoms. The number of para-hydroxylation sites is 1. The third-order valence-electron chi connectivity index (χ3n) is 2.91. The first-order valence-electron chi connectivity index (χ1n) is 5.19. The second kappa shape index (κ2) is 3.52. The van der Waals surface area contributed by atoms with E-state index in [1.54, 1.807) is 23.9 Å². The van der Waals surface area contributed by atoms with Gasteiger partial charge in [-0.15, -0.1) is 0 Å². The van der Waals surface area contributed by atoms with Gasteiger partial charge in [-0.1, -0.05) is 30.0 Å². The zero-order valence-corrected chi connectivity index (χ0v) is 9.70. The minimum absolute atomic E-state index is 0.0894.